The maximum absolute atomic E-state index is 11.3. The lowest BCUT2D eigenvalue weighted by Gasteiger charge is -2.31. The van der Waals surface area contributed by atoms with E-state index in [0.717, 1.165) is 30.3 Å². The standard InChI is InChI=1S/C12H19N3O3S/c1-3-4-10-13-12(19-14-10)15-5-6-18-9(8-15)7-11(16)17-2/h9H,3-8H2,1-2H3. The van der Waals surface area contributed by atoms with E-state index < -0.39 is 0 Å². The van der Waals surface area contributed by atoms with Crippen LogP contribution in [-0.4, -0.2) is 48.2 Å². The molecule has 1 aliphatic rings. The van der Waals surface area contributed by atoms with Crippen LogP contribution in [0, 0.1) is 0 Å². The van der Waals surface area contributed by atoms with Gasteiger partial charge in [-0.1, -0.05) is 6.92 Å². The zero-order chi connectivity index (χ0) is 13.7. The van der Waals surface area contributed by atoms with E-state index >= 15 is 0 Å². The molecule has 0 amide bonds. The van der Waals surface area contributed by atoms with E-state index in [4.69, 9.17) is 4.74 Å². The molecule has 1 unspecified atom stereocenters. The molecule has 19 heavy (non-hydrogen) atoms. The minimum atomic E-state index is -0.240. The van der Waals surface area contributed by atoms with Gasteiger partial charge in [0.1, 0.15) is 5.82 Å². The number of morpholine rings is 1. The first-order valence-electron chi connectivity index (χ1n) is 6.49. The molecule has 1 aromatic heterocycles. The number of esters is 1. The van der Waals surface area contributed by atoms with Crippen LogP contribution >= 0.6 is 11.5 Å². The van der Waals surface area contributed by atoms with E-state index in [1.165, 1.54) is 18.6 Å². The van der Waals surface area contributed by atoms with E-state index in [9.17, 15) is 4.79 Å². The van der Waals surface area contributed by atoms with Crippen molar-refractivity contribution in [1.82, 2.24) is 9.36 Å². The number of hydrogen-bond donors (Lipinski definition) is 0. The SMILES string of the molecule is CCCc1nsc(N2CCOC(CC(=O)OC)C2)n1. The summed E-state index contributed by atoms with van der Waals surface area (Å²) in [6.07, 6.45) is 2.12. The van der Waals surface area contributed by atoms with Crippen molar-refractivity contribution < 1.29 is 14.3 Å². The Hall–Kier alpha value is -1.21. The summed E-state index contributed by atoms with van der Waals surface area (Å²) < 4.78 is 14.6. The number of carbonyl (C=O) groups excluding carboxylic acids is 1. The van der Waals surface area contributed by atoms with Crippen LogP contribution in [0.4, 0.5) is 5.13 Å². The number of rotatable bonds is 5. The van der Waals surface area contributed by atoms with Crippen molar-refractivity contribution >= 4 is 22.6 Å². The fourth-order valence-electron chi connectivity index (χ4n) is 1.98. The average molecular weight is 285 g/mol. The topological polar surface area (TPSA) is 64.6 Å². The molecular formula is C12H19N3O3S. The fraction of sp³-hybridized carbons (Fsp3) is 0.750. The van der Waals surface area contributed by atoms with Crippen molar-refractivity contribution in [2.45, 2.75) is 32.3 Å². The molecule has 6 nitrogen and oxygen atoms in total. The monoisotopic (exact) mass is 285 g/mol. The fourth-order valence-corrected chi connectivity index (χ4v) is 2.73. The molecule has 0 saturated carbocycles. The van der Waals surface area contributed by atoms with Crippen LogP contribution in [0.1, 0.15) is 25.6 Å². The Morgan fingerprint density at radius 1 is 1.63 bits per heavy atom. The Morgan fingerprint density at radius 3 is 3.21 bits per heavy atom. The van der Waals surface area contributed by atoms with Gasteiger partial charge in [-0.3, -0.25) is 4.79 Å². The highest BCUT2D eigenvalue weighted by Gasteiger charge is 2.25. The van der Waals surface area contributed by atoms with Gasteiger partial charge < -0.3 is 14.4 Å². The minimum Gasteiger partial charge on any atom is -0.469 e. The smallest absolute Gasteiger partial charge is 0.308 e. The van der Waals surface area contributed by atoms with Gasteiger partial charge in [-0.05, 0) is 6.42 Å². The lowest BCUT2D eigenvalue weighted by molar-refractivity contribution is -0.144. The summed E-state index contributed by atoms with van der Waals surface area (Å²) in [7, 11) is 1.39. The van der Waals surface area contributed by atoms with Gasteiger partial charge in [0.25, 0.3) is 0 Å². The second kappa shape index (κ2) is 6.81. The molecule has 2 rings (SSSR count). The first-order valence-corrected chi connectivity index (χ1v) is 7.26. The van der Waals surface area contributed by atoms with E-state index in [0.29, 0.717) is 13.2 Å². The zero-order valence-corrected chi connectivity index (χ0v) is 12.1. The highest BCUT2D eigenvalue weighted by molar-refractivity contribution is 7.09. The molecule has 1 aliphatic heterocycles. The lowest BCUT2D eigenvalue weighted by Crippen LogP contribution is -2.43. The van der Waals surface area contributed by atoms with Gasteiger partial charge in [-0.25, -0.2) is 4.98 Å². The molecule has 0 spiro atoms. The van der Waals surface area contributed by atoms with Crippen molar-refractivity contribution in [3.05, 3.63) is 5.82 Å². The van der Waals surface area contributed by atoms with Crippen LogP contribution < -0.4 is 4.90 Å². The number of aryl methyl sites for hydroxylation is 1. The Morgan fingerprint density at radius 2 is 2.47 bits per heavy atom. The molecule has 0 aromatic carbocycles. The molecule has 0 radical (unpaired) electrons. The maximum atomic E-state index is 11.3. The molecule has 1 saturated heterocycles. The van der Waals surface area contributed by atoms with Crippen LogP contribution in [0.5, 0.6) is 0 Å². The summed E-state index contributed by atoms with van der Waals surface area (Å²) in [5.41, 5.74) is 0. The predicted molar refractivity (Wildman–Crippen MR) is 72.5 cm³/mol. The van der Waals surface area contributed by atoms with Gasteiger partial charge in [0.2, 0.25) is 5.13 Å². The quantitative estimate of drug-likeness (QED) is 0.759. The highest BCUT2D eigenvalue weighted by atomic mass is 32.1. The van der Waals surface area contributed by atoms with Gasteiger partial charge in [0, 0.05) is 31.0 Å². The third-order valence-corrected chi connectivity index (χ3v) is 3.78. The number of hydrogen-bond acceptors (Lipinski definition) is 7. The lowest BCUT2D eigenvalue weighted by atomic mass is 10.2. The van der Waals surface area contributed by atoms with Gasteiger partial charge in [0.15, 0.2) is 0 Å². The first kappa shape index (κ1) is 14.2. The molecule has 2 heterocycles. The predicted octanol–water partition coefficient (Wildman–Crippen LogP) is 1.26. The molecule has 0 N–H and O–H groups in total. The summed E-state index contributed by atoms with van der Waals surface area (Å²) in [5, 5.41) is 0.918. The summed E-state index contributed by atoms with van der Waals surface area (Å²) in [5.74, 6) is 0.661. The third-order valence-electron chi connectivity index (χ3n) is 2.96. The molecule has 1 fully saturated rings. The second-order valence-corrected chi connectivity index (χ2v) is 5.19. The van der Waals surface area contributed by atoms with Crippen LogP contribution in [-0.2, 0) is 20.7 Å². The largest absolute Gasteiger partial charge is 0.469 e. The Labute approximate surface area is 116 Å². The van der Waals surface area contributed by atoms with Gasteiger partial charge in [0.05, 0.1) is 26.2 Å². The highest BCUT2D eigenvalue weighted by Crippen LogP contribution is 2.21. The first-order chi connectivity index (χ1) is 9.22. The van der Waals surface area contributed by atoms with E-state index in [-0.39, 0.29) is 18.5 Å². The van der Waals surface area contributed by atoms with E-state index in [1.807, 2.05) is 0 Å². The Kier molecular flexibility index (Phi) is 5.09. The maximum Gasteiger partial charge on any atom is 0.308 e. The number of aromatic nitrogens is 2. The number of anilines is 1. The molecule has 7 heteroatoms. The van der Waals surface area contributed by atoms with Gasteiger partial charge >= 0.3 is 5.97 Å². The van der Waals surface area contributed by atoms with Gasteiger partial charge in [-0.2, -0.15) is 4.37 Å². The van der Waals surface area contributed by atoms with E-state index in [1.54, 1.807) is 0 Å². The zero-order valence-electron chi connectivity index (χ0n) is 11.3. The van der Waals surface area contributed by atoms with Crippen molar-refractivity contribution in [3.8, 4) is 0 Å². The number of carbonyl (C=O) groups is 1. The molecule has 0 aliphatic carbocycles. The third kappa shape index (κ3) is 3.87. The van der Waals surface area contributed by atoms with Crippen molar-refractivity contribution in [2.24, 2.45) is 0 Å². The normalized spacial score (nSPS) is 19.5. The molecular weight excluding hydrogens is 266 g/mol. The van der Waals surface area contributed by atoms with Crippen molar-refractivity contribution in [2.75, 3.05) is 31.7 Å². The second-order valence-electron chi connectivity index (χ2n) is 4.46. The Bertz CT molecular complexity index is 424. The van der Waals surface area contributed by atoms with Crippen LogP contribution in [0.3, 0.4) is 0 Å². The Balaban J connectivity index is 1.94. The van der Waals surface area contributed by atoms with Crippen molar-refractivity contribution in [1.29, 1.82) is 0 Å². The molecule has 106 valence electrons. The molecule has 1 aromatic rings. The van der Waals surface area contributed by atoms with Crippen LogP contribution in [0.2, 0.25) is 0 Å². The van der Waals surface area contributed by atoms with Crippen molar-refractivity contribution in [3.63, 3.8) is 0 Å². The minimum absolute atomic E-state index is 0.125. The average Bonchev–Trinajstić information content (AvgIpc) is 2.88. The number of methoxy groups -OCH3 is 1. The van der Waals surface area contributed by atoms with Gasteiger partial charge in [-0.15, -0.1) is 0 Å². The molecule has 1 atom stereocenters. The summed E-state index contributed by atoms with van der Waals surface area (Å²) in [6, 6.07) is 0. The molecule has 0 bridgehead atoms. The summed E-state index contributed by atoms with van der Waals surface area (Å²) in [4.78, 5) is 17.9. The van der Waals surface area contributed by atoms with Crippen LogP contribution in [0.25, 0.3) is 0 Å². The van der Waals surface area contributed by atoms with Crippen LogP contribution in [0.15, 0.2) is 0 Å². The summed E-state index contributed by atoms with van der Waals surface area (Å²) in [6.45, 7) is 4.17. The number of nitrogens with zero attached hydrogens (tertiary/aromatic N) is 3. The summed E-state index contributed by atoms with van der Waals surface area (Å²) >= 11 is 1.42. The van der Waals surface area contributed by atoms with E-state index in [2.05, 4.69) is 25.9 Å². The number of ether oxygens (including phenoxy) is 2.